The van der Waals surface area contributed by atoms with Gasteiger partial charge in [0.15, 0.2) is 0 Å². The van der Waals surface area contributed by atoms with E-state index in [4.69, 9.17) is 9.47 Å². The van der Waals surface area contributed by atoms with Gasteiger partial charge in [0.1, 0.15) is 11.5 Å². The molecule has 0 bridgehead atoms. The summed E-state index contributed by atoms with van der Waals surface area (Å²) in [6.07, 6.45) is 11.9. The molecule has 1 aliphatic heterocycles. The molecular weight excluding hydrogens is 398 g/mol. The molecule has 3 atom stereocenters. The van der Waals surface area contributed by atoms with Gasteiger partial charge in [0.05, 0.1) is 6.26 Å². The molecule has 1 aromatic carbocycles. The maximum Gasteiger partial charge on any atom is 0.289 e. The van der Waals surface area contributed by atoms with Crippen molar-refractivity contribution in [1.29, 1.82) is 0 Å². The number of aliphatic imine (C=N–C) groups is 1. The van der Waals surface area contributed by atoms with Gasteiger partial charge in [-0.15, -0.1) is 0 Å². The number of aryl methyl sites for hydroxylation is 1. The number of ether oxygens (including phenoxy) is 2. The molecule has 1 aliphatic carbocycles. The van der Waals surface area contributed by atoms with E-state index in [9.17, 15) is 0 Å². The number of hydrogen-bond donors (Lipinski definition) is 1. The van der Waals surface area contributed by atoms with Crippen molar-refractivity contribution in [2.75, 3.05) is 26.7 Å². The minimum Gasteiger partial charge on any atom is -0.465 e. The summed E-state index contributed by atoms with van der Waals surface area (Å²) in [6, 6.07) is 5.52. The molecule has 0 aromatic heterocycles. The summed E-state index contributed by atoms with van der Waals surface area (Å²) < 4.78 is 12.4. The molecule has 1 heterocycles. The van der Waals surface area contributed by atoms with Crippen LogP contribution in [0.5, 0.6) is 11.5 Å². The number of nitrogens with zero attached hydrogens (tertiary/aromatic N) is 2. The first-order chi connectivity index (χ1) is 15.6. The van der Waals surface area contributed by atoms with Crippen LogP contribution < -0.4 is 14.8 Å². The van der Waals surface area contributed by atoms with Gasteiger partial charge < -0.3 is 14.8 Å². The number of rotatable bonds is 11. The Bertz CT molecular complexity index is 830. The van der Waals surface area contributed by atoms with Crippen molar-refractivity contribution in [2.24, 2.45) is 4.99 Å². The lowest BCUT2D eigenvalue weighted by Gasteiger charge is -2.25. The molecule has 2 aliphatic rings. The molecule has 0 saturated carbocycles. The lowest BCUT2D eigenvalue weighted by Crippen LogP contribution is -2.33. The van der Waals surface area contributed by atoms with E-state index in [0.29, 0.717) is 12.1 Å². The van der Waals surface area contributed by atoms with Crippen LogP contribution >= 0.6 is 0 Å². The standard InChI is InChI=1S/C27H41N3O2/c1-6-9-10-13-21-16-24(31-8-3)26(22-14-11-12-20(4)15-22)25(17-21)32-27(28-5)29-18-23-19-30(23)7-2/h8,15-17,22-23H,3,6-7,9-14,18-19H2,1-2,4-5H3,(H,28,29). The molecule has 0 radical (unpaired) electrons. The average Bonchev–Trinajstić information content (AvgIpc) is 3.55. The van der Waals surface area contributed by atoms with E-state index in [2.05, 4.69) is 60.8 Å². The van der Waals surface area contributed by atoms with E-state index in [0.717, 1.165) is 62.4 Å². The second kappa shape index (κ2) is 12.1. The van der Waals surface area contributed by atoms with Crippen LogP contribution in [0.25, 0.3) is 0 Å². The van der Waals surface area contributed by atoms with Crippen molar-refractivity contribution in [2.45, 2.75) is 77.7 Å². The fourth-order valence-electron chi connectivity index (χ4n) is 4.63. The van der Waals surface area contributed by atoms with Gasteiger partial charge in [-0.1, -0.05) is 44.9 Å². The topological polar surface area (TPSA) is 45.9 Å². The molecule has 3 rings (SSSR count). The van der Waals surface area contributed by atoms with Crippen LogP contribution in [-0.4, -0.2) is 43.6 Å². The fourth-order valence-corrected chi connectivity index (χ4v) is 4.63. The summed E-state index contributed by atoms with van der Waals surface area (Å²) in [6.45, 7) is 13.5. The zero-order chi connectivity index (χ0) is 22.9. The van der Waals surface area contributed by atoms with Crippen LogP contribution in [0, 0.1) is 0 Å². The molecule has 3 unspecified atom stereocenters. The van der Waals surface area contributed by atoms with E-state index < -0.39 is 0 Å². The predicted molar refractivity (Wildman–Crippen MR) is 134 cm³/mol. The third-order valence-corrected chi connectivity index (χ3v) is 6.52. The minimum atomic E-state index is 0.274. The molecule has 1 saturated heterocycles. The van der Waals surface area contributed by atoms with Crippen LogP contribution in [0.2, 0.25) is 0 Å². The number of amidine groups is 1. The molecule has 1 fully saturated rings. The quantitative estimate of drug-likeness (QED) is 0.118. The van der Waals surface area contributed by atoms with Crippen molar-refractivity contribution in [3.05, 3.63) is 47.7 Å². The highest BCUT2D eigenvalue weighted by atomic mass is 16.5. The lowest BCUT2D eigenvalue weighted by molar-refractivity contribution is 0.448. The molecule has 32 heavy (non-hydrogen) atoms. The maximum atomic E-state index is 6.44. The summed E-state index contributed by atoms with van der Waals surface area (Å²) in [5, 5.41) is 3.42. The SMILES string of the molecule is C=COc1cc(CCCCC)cc(OC(=NC)NCC2CN2CC)c1C1C=C(C)CCC1. The van der Waals surface area contributed by atoms with Gasteiger partial charge >= 0.3 is 0 Å². The Hall–Kier alpha value is -2.27. The van der Waals surface area contributed by atoms with Crippen LogP contribution in [0.15, 0.2) is 41.6 Å². The fraction of sp³-hybridized carbons (Fsp3) is 0.593. The van der Waals surface area contributed by atoms with Crippen molar-refractivity contribution in [3.8, 4) is 11.5 Å². The van der Waals surface area contributed by atoms with E-state index >= 15 is 0 Å². The second-order valence-corrected chi connectivity index (χ2v) is 9.01. The van der Waals surface area contributed by atoms with Gasteiger partial charge in [0, 0.05) is 37.7 Å². The van der Waals surface area contributed by atoms with Crippen LogP contribution in [-0.2, 0) is 6.42 Å². The van der Waals surface area contributed by atoms with Crippen molar-refractivity contribution >= 4 is 6.02 Å². The summed E-state index contributed by atoms with van der Waals surface area (Å²) in [5.74, 6) is 1.98. The molecule has 5 nitrogen and oxygen atoms in total. The van der Waals surface area contributed by atoms with Crippen molar-refractivity contribution in [1.82, 2.24) is 10.2 Å². The Morgan fingerprint density at radius 2 is 2.09 bits per heavy atom. The van der Waals surface area contributed by atoms with Gasteiger partial charge in [-0.25, -0.2) is 4.99 Å². The van der Waals surface area contributed by atoms with Crippen LogP contribution in [0.4, 0.5) is 0 Å². The Labute approximate surface area is 194 Å². The summed E-state index contributed by atoms with van der Waals surface area (Å²) in [4.78, 5) is 6.83. The molecule has 1 aromatic rings. The average molecular weight is 440 g/mol. The number of likely N-dealkylation sites (N-methyl/N-ethyl adjacent to an activating group) is 1. The predicted octanol–water partition coefficient (Wildman–Crippen LogP) is 5.81. The van der Waals surface area contributed by atoms with Crippen molar-refractivity contribution in [3.63, 3.8) is 0 Å². The Morgan fingerprint density at radius 3 is 2.75 bits per heavy atom. The normalized spacial score (nSPS) is 22.8. The maximum absolute atomic E-state index is 6.44. The molecule has 0 amide bonds. The van der Waals surface area contributed by atoms with E-state index in [-0.39, 0.29) is 5.92 Å². The Kier molecular flexibility index (Phi) is 9.22. The highest BCUT2D eigenvalue weighted by Crippen LogP contribution is 2.43. The summed E-state index contributed by atoms with van der Waals surface area (Å²) in [7, 11) is 1.78. The number of allylic oxidation sites excluding steroid dienone is 2. The smallest absolute Gasteiger partial charge is 0.289 e. The van der Waals surface area contributed by atoms with Gasteiger partial charge in [-0.2, -0.15) is 0 Å². The minimum absolute atomic E-state index is 0.274. The number of unbranched alkanes of at least 4 members (excludes halogenated alkanes) is 2. The first-order valence-electron chi connectivity index (χ1n) is 12.3. The van der Waals surface area contributed by atoms with Crippen LogP contribution in [0.3, 0.4) is 0 Å². The molecule has 0 spiro atoms. The van der Waals surface area contributed by atoms with Gasteiger partial charge in [-0.3, -0.25) is 4.90 Å². The first-order valence-corrected chi connectivity index (χ1v) is 12.3. The van der Waals surface area contributed by atoms with Crippen molar-refractivity contribution < 1.29 is 9.47 Å². The second-order valence-electron chi connectivity index (χ2n) is 9.01. The first kappa shape index (κ1) is 24.4. The molecular formula is C27H41N3O2. The van der Waals surface area contributed by atoms with E-state index in [1.807, 2.05) is 0 Å². The zero-order valence-corrected chi connectivity index (χ0v) is 20.5. The third kappa shape index (κ3) is 6.61. The largest absolute Gasteiger partial charge is 0.465 e. The Balaban J connectivity index is 1.89. The number of nitrogens with one attached hydrogen (secondary N) is 1. The number of hydrogen-bond acceptors (Lipinski definition) is 4. The molecule has 1 N–H and O–H groups in total. The lowest BCUT2D eigenvalue weighted by atomic mass is 9.84. The van der Waals surface area contributed by atoms with Gasteiger partial charge in [0.25, 0.3) is 6.02 Å². The van der Waals surface area contributed by atoms with E-state index in [1.165, 1.54) is 36.7 Å². The highest BCUT2D eigenvalue weighted by Gasteiger charge is 2.32. The number of benzene rings is 1. The highest BCUT2D eigenvalue weighted by molar-refractivity contribution is 5.77. The molecule has 5 heteroatoms. The summed E-state index contributed by atoms with van der Waals surface area (Å²) >= 11 is 0. The van der Waals surface area contributed by atoms with Crippen LogP contribution in [0.1, 0.15) is 76.3 Å². The Morgan fingerprint density at radius 1 is 1.28 bits per heavy atom. The zero-order valence-electron chi connectivity index (χ0n) is 20.5. The van der Waals surface area contributed by atoms with Gasteiger partial charge in [0.2, 0.25) is 0 Å². The monoisotopic (exact) mass is 439 g/mol. The molecule has 176 valence electrons. The van der Waals surface area contributed by atoms with E-state index in [1.54, 1.807) is 7.05 Å². The third-order valence-electron chi connectivity index (χ3n) is 6.52. The van der Waals surface area contributed by atoms with Gasteiger partial charge in [-0.05, 0) is 63.3 Å². The summed E-state index contributed by atoms with van der Waals surface area (Å²) in [5.41, 5.74) is 3.77.